The number of pyridine rings is 1. The van der Waals surface area contributed by atoms with Gasteiger partial charge in [-0.05, 0) is 23.6 Å². The lowest BCUT2D eigenvalue weighted by molar-refractivity contribution is -0.137. The zero-order valence-electron chi connectivity index (χ0n) is 13.1. The number of thiophene rings is 1. The predicted octanol–water partition coefficient (Wildman–Crippen LogP) is 1.86. The van der Waals surface area contributed by atoms with E-state index >= 15 is 0 Å². The second kappa shape index (κ2) is 7.12. The maximum absolute atomic E-state index is 12.8. The molecular weight excluding hydrogens is 371 g/mol. The second-order valence-corrected chi connectivity index (χ2v) is 6.14. The molecule has 0 aliphatic heterocycles. The first-order chi connectivity index (χ1) is 12.3. The Balaban J connectivity index is 1.60. The zero-order chi connectivity index (χ0) is 18.7. The third-order valence-electron chi connectivity index (χ3n) is 3.40. The third-order valence-corrected chi connectivity index (χ3v) is 4.27. The Morgan fingerprint density at radius 1 is 1.15 bits per heavy atom. The molecule has 0 fully saturated rings. The maximum Gasteiger partial charge on any atom is 0.417 e. The maximum atomic E-state index is 12.8. The highest BCUT2D eigenvalue weighted by atomic mass is 32.1. The standard InChI is InChI=1S/C15H12F3N5O2S/c16-15(17,18)9-3-4-11-21-22-12(23(11)8-9)6-19-13(24)7-20-14(25)10-2-1-5-26-10/h1-5,8H,6-7H2,(H,19,24)(H,20,25). The van der Waals surface area contributed by atoms with E-state index in [1.807, 2.05) is 0 Å². The summed E-state index contributed by atoms with van der Waals surface area (Å²) in [6.07, 6.45) is -3.62. The van der Waals surface area contributed by atoms with E-state index in [2.05, 4.69) is 20.8 Å². The van der Waals surface area contributed by atoms with Crippen LogP contribution in [0.1, 0.15) is 21.1 Å². The zero-order valence-corrected chi connectivity index (χ0v) is 13.9. The van der Waals surface area contributed by atoms with E-state index in [1.54, 1.807) is 17.5 Å². The highest BCUT2D eigenvalue weighted by molar-refractivity contribution is 7.12. The minimum absolute atomic E-state index is 0.129. The van der Waals surface area contributed by atoms with Gasteiger partial charge in [-0.15, -0.1) is 21.5 Å². The van der Waals surface area contributed by atoms with Crippen LogP contribution in [0.2, 0.25) is 0 Å². The monoisotopic (exact) mass is 383 g/mol. The lowest BCUT2D eigenvalue weighted by Gasteiger charge is -2.08. The number of carbonyl (C=O) groups is 2. The molecule has 0 aromatic carbocycles. The second-order valence-electron chi connectivity index (χ2n) is 5.20. The first-order valence-electron chi connectivity index (χ1n) is 7.34. The molecule has 0 saturated heterocycles. The average Bonchev–Trinajstić information content (AvgIpc) is 3.26. The Morgan fingerprint density at radius 2 is 1.96 bits per heavy atom. The van der Waals surface area contributed by atoms with Gasteiger partial charge in [0.1, 0.15) is 0 Å². The third kappa shape index (κ3) is 3.99. The molecule has 2 amide bonds. The summed E-state index contributed by atoms with van der Waals surface area (Å²) in [5.74, 6) is -0.736. The number of aromatic nitrogens is 3. The molecule has 0 aliphatic carbocycles. The van der Waals surface area contributed by atoms with Gasteiger partial charge in [0, 0.05) is 6.20 Å². The number of amides is 2. The summed E-state index contributed by atoms with van der Waals surface area (Å²) in [6, 6.07) is 5.44. The molecule has 3 aromatic heterocycles. The Bertz CT molecular complexity index is 937. The number of nitrogens with zero attached hydrogens (tertiary/aromatic N) is 3. The van der Waals surface area contributed by atoms with Crippen molar-refractivity contribution in [2.45, 2.75) is 12.7 Å². The number of hydrogen-bond acceptors (Lipinski definition) is 5. The molecule has 2 N–H and O–H groups in total. The molecule has 11 heteroatoms. The van der Waals surface area contributed by atoms with Gasteiger partial charge in [0.25, 0.3) is 5.91 Å². The van der Waals surface area contributed by atoms with Gasteiger partial charge in [0.2, 0.25) is 5.91 Å². The Kier molecular flexibility index (Phi) is 4.89. The van der Waals surface area contributed by atoms with Crippen LogP contribution < -0.4 is 10.6 Å². The van der Waals surface area contributed by atoms with Gasteiger partial charge in [-0.25, -0.2) is 0 Å². The van der Waals surface area contributed by atoms with Crippen molar-refractivity contribution in [2.75, 3.05) is 6.54 Å². The van der Waals surface area contributed by atoms with Crippen LogP contribution in [0, 0.1) is 0 Å². The van der Waals surface area contributed by atoms with E-state index in [9.17, 15) is 22.8 Å². The molecule has 0 saturated carbocycles. The predicted molar refractivity (Wildman–Crippen MR) is 86.5 cm³/mol. The number of carbonyl (C=O) groups excluding carboxylic acids is 2. The summed E-state index contributed by atoms with van der Waals surface area (Å²) in [4.78, 5) is 24.0. The van der Waals surface area contributed by atoms with Gasteiger partial charge in [0.15, 0.2) is 11.5 Å². The average molecular weight is 383 g/mol. The van der Waals surface area contributed by atoms with Crippen LogP contribution in [-0.2, 0) is 17.5 Å². The largest absolute Gasteiger partial charge is 0.417 e. The van der Waals surface area contributed by atoms with Crippen molar-refractivity contribution in [3.05, 3.63) is 52.1 Å². The van der Waals surface area contributed by atoms with Crippen LogP contribution in [0.3, 0.4) is 0 Å². The first-order valence-corrected chi connectivity index (χ1v) is 8.22. The van der Waals surface area contributed by atoms with E-state index in [0.717, 1.165) is 16.7 Å². The van der Waals surface area contributed by atoms with Crippen molar-refractivity contribution in [3.8, 4) is 0 Å². The lowest BCUT2D eigenvalue weighted by atomic mass is 10.3. The van der Waals surface area contributed by atoms with Gasteiger partial charge in [0.05, 0.1) is 23.5 Å². The number of fused-ring (bicyclic) bond motifs is 1. The Morgan fingerprint density at radius 3 is 2.65 bits per heavy atom. The molecule has 7 nitrogen and oxygen atoms in total. The minimum atomic E-state index is -4.49. The van der Waals surface area contributed by atoms with E-state index in [0.29, 0.717) is 4.88 Å². The van der Waals surface area contributed by atoms with Gasteiger partial charge >= 0.3 is 6.18 Å². The van der Waals surface area contributed by atoms with E-state index in [-0.39, 0.29) is 30.5 Å². The normalized spacial score (nSPS) is 11.5. The van der Waals surface area contributed by atoms with Crippen LogP contribution in [-0.4, -0.2) is 33.0 Å². The van der Waals surface area contributed by atoms with Crippen molar-refractivity contribution in [1.29, 1.82) is 0 Å². The van der Waals surface area contributed by atoms with Gasteiger partial charge < -0.3 is 10.6 Å². The number of hydrogen-bond donors (Lipinski definition) is 2. The molecule has 0 unspecified atom stereocenters. The fourth-order valence-corrected chi connectivity index (χ4v) is 2.76. The van der Waals surface area contributed by atoms with E-state index in [4.69, 9.17) is 0 Å². The molecule has 0 spiro atoms. The highest BCUT2D eigenvalue weighted by Crippen LogP contribution is 2.29. The van der Waals surface area contributed by atoms with Crippen LogP contribution in [0.5, 0.6) is 0 Å². The van der Waals surface area contributed by atoms with Crippen molar-refractivity contribution >= 4 is 28.8 Å². The number of nitrogens with one attached hydrogen (secondary N) is 2. The highest BCUT2D eigenvalue weighted by Gasteiger charge is 2.31. The van der Waals surface area contributed by atoms with E-state index < -0.39 is 17.6 Å². The van der Waals surface area contributed by atoms with Crippen molar-refractivity contribution < 1.29 is 22.8 Å². The molecule has 0 radical (unpaired) electrons. The van der Waals surface area contributed by atoms with Crippen molar-refractivity contribution in [1.82, 2.24) is 25.2 Å². The fraction of sp³-hybridized carbons (Fsp3) is 0.200. The first kappa shape index (κ1) is 17.9. The van der Waals surface area contributed by atoms with Gasteiger partial charge in [-0.3, -0.25) is 14.0 Å². The Labute approximate surface area is 148 Å². The summed E-state index contributed by atoms with van der Waals surface area (Å²) in [7, 11) is 0. The molecule has 0 aliphatic rings. The smallest absolute Gasteiger partial charge is 0.347 e. The topological polar surface area (TPSA) is 88.4 Å². The minimum Gasteiger partial charge on any atom is -0.347 e. The van der Waals surface area contributed by atoms with Crippen molar-refractivity contribution in [3.63, 3.8) is 0 Å². The summed E-state index contributed by atoms with van der Waals surface area (Å²) in [6.45, 7) is -0.391. The SMILES string of the molecule is O=C(CNC(=O)c1cccs1)NCc1nnc2ccc(C(F)(F)F)cn12. The molecule has 3 aromatic rings. The molecular formula is C15H12F3N5O2S. The van der Waals surface area contributed by atoms with Gasteiger partial charge in [-0.1, -0.05) is 6.07 Å². The summed E-state index contributed by atoms with van der Waals surface area (Å²) < 4.78 is 39.6. The lowest BCUT2D eigenvalue weighted by Crippen LogP contribution is -2.36. The van der Waals surface area contributed by atoms with Gasteiger partial charge in [-0.2, -0.15) is 13.2 Å². The summed E-state index contributed by atoms with van der Waals surface area (Å²) in [5.41, 5.74) is -0.617. The molecule has 3 rings (SSSR count). The fourth-order valence-electron chi connectivity index (χ4n) is 2.12. The Hall–Kier alpha value is -2.95. The van der Waals surface area contributed by atoms with Crippen LogP contribution in [0.15, 0.2) is 35.8 Å². The molecule has 136 valence electrons. The molecule has 0 atom stereocenters. The number of alkyl halides is 3. The summed E-state index contributed by atoms with van der Waals surface area (Å²) >= 11 is 1.24. The van der Waals surface area contributed by atoms with Crippen molar-refractivity contribution in [2.24, 2.45) is 0 Å². The molecule has 26 heavy (non-hydrogen) atoms. The molecule has 0 bridgehead atoms. The van der Waals surface area contributed by atoms with E-state index in [1.165, 1.54) is 17.4 Å². The molecule has 3 heterocycles. The van der Waals surface area contributed by atoms with Crippen LogP contribution in [0.4, 0.5) is 13.2 Å². The number of rotatable bonds is 5. The van der Waals surface area contributed by atoms with Crippen LogP contribution >= 0.6 is 11.3 Å². The summed E-state index contributed by atoms with van der Waals surface area (Å²) in [5, 5.41) is 14.2. The van der Waals surface area contributed by atoms with Crippen LogP contribution in [0.25, 0.3) is 5.65 Å². The number of halogens is 3. The quantitative estimate of drug-likeness (QED) is 0.704.